The third-order valence-corrected chi connectivity index (χ3v) is 8.04. The summed E-state index contributed by atoms with van der Waals surface area (Å²) in [6, 6.07) is 10.4. The van der Waals surface area contributed by atoms with Gasteiger partial charge in [-0.3, -0.25) is 14.4 Å². The van der Waals surface area contributed by atoms with E-state index in [1.54, 1.807) is 45.2 Å². The van der Waals surface area contributed by atoms with Crippen molar-refractivity contribution in [1.29, 1.82) is 0 Å². The van der Waals surface area contributed by atoms with Gasteiger partial charge in [0.1, 0.15) is 10.7 Å². The van der Waals surface area contributed by atoms with Crippen LogP contribution in [0.25, 0.3) is 9.88 Å². The van der Waals surface area contributed by atoms with E-state index in [9.17, 15) is 40.7 Å². The largest absolute Gasteiger partial charge is 0.471 e. The molecule has 3 N–H and O–H groups in total. The van der Waals surface area contributed by atoms with Crippen molar-refractivity contribution in [3.8, 4) is 9.88 Å². The molecule has 1 saturated heterocycles. The molecule has 228 valence electrons. The molecule has 4 rings (SSSR count). The fourth-order valence-corrected chi connectivity index (χ4v) is 5.73. The van der Waals surface area contributed by atoms with Crippen molar-refractivity contribution in [2.24, 2.45) is 0 Å². The fraction of sp³-hybridized carbons (Fsp3) is 0.385. The third-order valence-electron chi connectivity index (χ3n) is 6.16. The van der Waals surface area contributed by atoms with E-state index < -0.39 is 42.2 Å². The second-order valence-corrected chi connectivity index (χ2v) is 10.7. The van der Waals surface area contributed by atoms with Crippen LogP contribution in [0.4, 0.5) is 37.7 Å². The zero-order valence-electron chi connectivity index (χ0n) is 22.4. The molecular formula is C26H27F6N5O3S2. The van der Waals surface area contributed by atoms with Crippen molar-refractivity contribution < 1.29 is 40.7 Å². The van der Waals surface area contributed by atoms with Gasteiger partial charge in [0.2, 0.25) is 0 Å². The van der Waals surface area contributed by atoms with Crippen LogP contribution in [0.2, 0.25) is 0 Å². The van der Waals surface area contributed by atoms with Gasteiger partial charge >= 0.3 is 24.2 Å². The highest BCUT2D eigenvalue weighted by Crippen LogP contribution is 2.33. The van der Waals surface area contributed by atoms with Crippen LogP contribution in [-0.2, 0) is 9.59 Å². The van der Waals surface area contributed by atoms with Gasteiger partial charge in [-0.1, -0.05) is 32.0 Å². The van der Waals surface area contributed by atoms with E-state index in [4.69, 9.17) is 0 Å². The highest BCUT2D eigenvalue weighted by Gasteiger charge is 2.47. The molecule has 0 atom stereocenters. The summed E-state index contributed by atoms with van der Waals surface area (Å²) in [5.41, 5.74) is -0.688. The Morgan fingerprint density at radius 3 is 2.17 bits per heavy atom. The van der Waals surface area contributed by atoms with Gasteiger partial charge in [0.25, 0.3) is 5.91 Å². The number of hydrogen-bond donors (Lipinski definition) is 3. The van der Waals surface area contributed by atoms with Crippen molar-refractivity contribution in [2.45, 2.75) is 44.6 Å². The Morgan fingerprint density at radius 1 is 0.929 bits per heavy atom. The van der Waals surface area contributed by atoms with Gasteiger partial charge in [0.05, 0.1) is 21.8 Å². The lowest BCUT2D eigenvalue weighted by molar-refractivity contribution is -0.177. The predicted octanol–water partition coefficient (Wildman–Crippen LogP) is 5.85. The Bertz CT molecular complexity index is 1370. The zero-order valence-corrected chi connectivity index (χ0v) is 24.0. The first kappa shape index (κ1) is 32.8. The summed E-state index contributed by atoms with van der Waals surface area (Å²) in [6.45, 7) is 3.16. The van der Waals surface area contributed by atoms with Gasteiger partial charge in [0.15, 0.2) is 0 Å². The summed E-state index contributed by atoms with van der Waals surface area (Å²) in [5, 5.41) is 10.3. The second kappa shape index (κ2) is 13.5. The van der Waals surface area contributed by atoms with E-state index in [2.05, 4.69) is 10.3 Å². The van der Waals surface area contributed by atoms with Gasteiger partial charge in [-0.25, -0.2) is 4.98 Å². The number of thiazole rings is 1. The van der Waals surface area contributed by atoms with Gasteiger partial charge in [-0.2, -0.15) is 26.3 Å². The number of thiophene rings is 1. The number of hydrogen-bond acceptors (Lipinski definition) is 7. The molecule has 0 spiro atoms. The maximum atomic E-state index is 13.0. The van der Waals surface area contributed by atoms with Gasteiger partial charge < -0.3 is 20.9 Å². The topological polar surface area (TPSA) is 103 Å². The van der Waals surface area contributed by atoms with Crippen molar-refractivity contribution in [3.05, 3.63) is 52.9 Å². The van der Waals surface area contributed by atoms with Crippen molar-refractivity contribution >= 4 is 51.8 Å². The summed E-state index contributed by atoms with van der Waals surface area (Å²) in [4.78, 5) is 42.9. The first-order chi connectivity index (χ1) is 19.8. The van der Waals surface area contributed by atoms with Crippen molar-refractivity contribution in [3.63, 3.8) is 0 Å². The molecule has 0 saturated carbocycles. The van der Waals surface area contributed by atoms with Gasteiger partial charge in [0, 0.05) is 25.0 Å². The van der Waals surface area contributed by atoms with Crippen LogP contribution in [0.3, 0.4) is 0 Å². The molecule has 2 aromatic heterocycles. The Hall–Kier alpha value is -3.66. The monoisotopic (exact) mass is 635 g/mol. The Balaban J connectivity index is 0.00000237. The maximum Gasteiger partial charge on any atom is 0.471 e. The highest BCUT2D eigenvalue weighted by molar-refractivity contribution is 7.20. The van der Waals surface area contributed by atoms with E-state index in [1.807, 2.05) is 31.4 Å². The van der Waals surface area contributed by atoms with Crippen LogP contribution in [-0.4, -0.2) is 60.2 Å². The minimum atomic E-state index is -5.27. The minimum absolute atomic E-state index is 0.00609. The summed E-state index contributed by atoms with van der Waals surface area (Å²) in [7, 11) is 0. The molecule has 1 aromatic carbocycles. The number of amides is 3. The molecule has 16 heteroatoms. The van der Waals surface area contributed by atoms with Crippen LogP contribution >= 0.6 is 22.7 Å². The molecular weight excluding hydrogens is 608 g/mol. The number of nitrogens with zero attached hydrogens (tertiary/aromatic N) is 2. The molecule has 3 amide bonds. The van der Waals surface area contributed by atoms with Gasteiger partial charge in [-0.05, 0) is 36.4 Å². The molecule has 1 aliphatic rings. The van der Waals surface area contributed by atoms with Crippen LogP contribution < -0.4 is 20.9 Å². The molecule has 0 radical (unpaired) electrons. The molecule has 8 nitrogen and oxygen atoms in total. The predicted molar refractivity (Wildman–Crippen MR) is 149 cm³/mol. The number of nitrogens with one attached hydrogen (secondary N) is 3. The number of anilines is 2. The van der Waals surface area contributed by atoms with Crippen LogP contribution in [0.5, 0.6) is 0 Å². The van der Waals surface area contributed by atoms with E-state index in [-0.39, 0.29) is 31.6 Å². The Kier molecular flexibility index (Phi) is 10.6. The third kappa shape index (κ3) is 8.21. The maximum absolute atomic E-state index is 13.0. The van der Waals surface area contributed by atoms with Crippen molar-refractivity contribution in [2.75, 3.05) is 29.9 Å². The van der Waals surface area contributed by atoms with Gasteiger partial charge in [-0.15, -0.1) is 22.7 Å². The standard InChI is InChI=1S/C24H21F6N5O3S2.C2H6/c25-23(26,27)20(37)31-13-22(34-21(38)24(28,29)30)7-9-35(10-8-22)16-5-2-1-4-14(16)32-18(36)15-12-40-19(33-15)17-6-3-11-39-17;1-2/h1-6,11-12H,7-10,13H2,(H,31,37)(H,32,36)(H,34,38);1-2H3. The van der Waals surface area contributed by atoms with E-state index in [1.165, 1.54) is 22.7 Å². The van der Waals surface area contributed by atoms with Crippen molar-refractivity contribution in [1.82, 2.24) is 15.6 Å². The number of halogens is 6. The summed E-state index contributed by atoms with van der Waals surface area (Å²) in [5.74, 6) is -5.13. The number of aromatic nitrogens is 1. The molecule has 0 unspecified atom stereocenters. The van der Waals surface area contributed by atoms with Crippen LogP contribution in [0.1, 0.15) is 37.2 Å². The van der Waals surface area contributed by atoms with Crippen LogP contribution in [0, 0.1) is 0 Å². The average molecular weight is 636 g/mol. The summed E-state index contributed by atoms with van der Waals surface area (Å²) < 4.78 is 76.9. The molecule has 0 aliphatic carbocycles. The number of para-hydroxylation sites is 2. The number of carbonyl (C=O) groups excluding carboxylic acids is 3. The van der Waals surface area contributed by atoms with E-state index >= 15 is 0 Å². The normalized spacial score (nSPS) is 14.8. The second-order valence-electron chi connectivity index (χ2n) is 8.89. The quantitative estimate of drug-likeness (QED) is 0.283. The smallest absolute Gasteiger partial charge is 0.370 e. The number of benzene rings is 1. The lowest BCUT2D eigenvalue weighted by atomic mass is 9.86. The van der Waals surface area contributed by atoms with Crippen LogP contribution in [0.15, 0.2) is 47.2 Å². The number of piperidine rings is 1. The molecule has 1 aliphatic heterocycles. The first-order valence-electron chi connectivity index (χ1n) is 12.7. The average Bonchev–Trinajstić information content (AvgIpc) is 3.65. The summed E-state index contributed by atoms with van der Waals surface area (Å²) in [6.07, 6.45) is -10.9. The molecule has 42 heavy (non-hydrogen) atoms. The first-order valence-corrected chi connectivity index (χ1v) is 14.4. The lowest BCUT2D eigenvalue weighted by Crippen LogP contribution is -2.63. The number of rotatable bonds is 7. The molecule has 3 aromatic rings. The number of alkyl halides is 6. The van der Waals surface area contributed by atoms with E-state index in [0.717, 1.165) is 4.88 Å². The Labute approximate surface area is 245 Å². The Morgan fingerprint density at radius 2 is 1.57 bits per heavy atom. The summed E-state index contributed by atoms with van der Waals surface area (Å²) >= 11 is 2.79. The molecule has 0 bridgehead atoms. The molecule has 3 heterocycles. The fourth-order valence-electron chi connectivity index (χ4n) is 4.12. The van der Waals surface area contributed by atoms with E-state index in [0.29, 0.717) is 16.4 Å². The lowest BCUT2D eigenvalue weighted by Gasteiger charge is -2.43. The minimum Gasteiger partial charge on any atom is -0.370 e. The molecule has 1 fully saturated rings. The SMILES string of the molecule is CC.O=C(Nc1ccccc1N1CCC(CNC(=O)C(F)(F)F)(NC(=O)C(F)(F)F)CC1)c1csc(-c2cccs2)n1. The number of carbonyl (C=O) groups is 3. The zero-order chi connectivity index (χ0) is 31.1. The highest BCUT2D eigenvalue weighted by atomic mass is 32.1.